The zero-order chi connectivity index (χ0) is 17.7. The first-order valence-corrected chi connectivity index (χ1v) is 9.05. The van der Waals surface area contributed by atoms with Crippen LogP contribution in [0.2, 0.25) is 0 Å². The maximum atomic E-state index is 12.3. The number of carboxylic acids is 1. The standard InChI is InChI=1S/C16H20N2O5S/c1-2-8-17-24(22,23)13-5-3-4-12(9-13)16(21)18-14(10-15(19)20)11-6-7-11/h2-5,9,11,14,17H,1,6-8,10H2,(H,18,21)(H,19,20)/t14-/m0/s1. The van der Waals surface area contributed by atoms with E-state index in [9.17, 15) is 18.0 Å². The fourth-order valence-electron chi connectivity index (χ4n) is 2.33. The zero-order valence-electron chi connectivity index (χ0n) is 13.1. The number of hydrogen-bond donors (Lipinski definition) is 3. The minimum Gasteiger partial charge on any atom is -0.481 e. The van der Waals surface area contributed by atoms with Crippen LogP contribution in [0, 0.1) is 5.92 Å². The highest BCUT2D eigenvalue weighted by Crippen LogP contribution is 2.34. The summed E-state index contributed by atoms with van der Waals surface area (Å²) in [4.78, 5) is 23.2. The lowest BCUT2D eigenvalue weighted by molar-refractivity contribution is -0.137. The molecule has 130 valence electrons. The fraction of sp³-hybridized carbons (Fsp3) is 0.375. The molecule has 1 saturated carbocycles. The van der Waals surface area contributed by atoms with Crippen molar-refractivity contribution in [2.45, 2.75) is 30.2 Å². The van der Waals surface area contributed by atoms with Gasteiger partial charge in [0.05, 0.1) is 11.3 Å². The Morgan fingerprint density at radius 2 is 2.08 bits per heavy atom. The van der Waals surface area contributed by atoms with Crippen molar-refractivity contribution in [2.75, 3.05) is 6.54 Å². The third-order valence-electron chi connectivity index (χ3n) is 3.73. The Hall–Kier alpha value is -2.19. The van der Waals surface area contributed by atoms with E-state index in [4.69, 9.17) is 5.11 Å². The molecule has 1 fully saturated rings. The maximum Gasteiger partial charge on any atom is 0.305 e. The van der Waals surface area contributed by atoms with Crippen molar-refractivity contribution in [1.82, 2.24) is 10.0 Å². The molecule has 0 heterocycles. The summed E-state index contributed by atoms with van der Waals surface area (Å²) in [6.07, 6.45) is 3.05. The van der Waals surface area contributed by atoms with Crippen LogP contribution in [0.15, 0.2) is 41.8 Å². The molecule has 0 unspecified atom stereocenters. The van der Waals surface area contributed by atoms with Crippen LogP contribution in [0.3, 0.4) is 0 Å². The van der Waals surface area contributed by atoms with Crippen LogP contribution in [-0.2, 0) is 14.8 Å². The molecule has 2 rings (SSSR count). The van der Waals surface area contributed by atoms with Gasteiger partial charge in [-0.1, -0.05) is 12.1 Å². The fourth-order valence-corrected chi connectivity index (χ4v) is 3.37. The minimum absolute atomic E-state index is 0.0294. The number of aliphatic carboxylic acids is 1. The van der Waals surface area contributed by atoms with E-state index in [1.165, 1.54) is 30.3 Å². The van der Waals surface area contributed by atoms with Gasteiger partial charge in [0.2, 0.25) is 10.0 Å². The van der Waals surface area contributed by atoms with Gasteiger partial charge in [-0.25, -0.2) is 13.1 Å². The number of benzene rings is 1. The molecule has 1 aliphatic rings. The summed E-state index contributed by atoms with van der Waals surface area (Å²) in [5.74, 6) is -1.28. The van der Waals surface area contributed by atoms with Crippen molar-refractivity contribution < 1.29 is 23.1 Å². The Morgan fingerprint density at radius 1 is 1.38 bits per heavy atom. The summed E-state index contributed by atoms with van der Waals surface area (Å²) in [6.45, 7) is 3.53. The number of carboxylic acid groups (broad SMARTS) is 1. The molecule has 24 heavy (non-hydrogen) atoms. The molecule has 8 heteroatoms. The smallest absolute Gasteiger partial charge is 0.305 e. The molecule has 0 radical (unpaired) electrons. The predicted octanol–water partition coefficient (Wildman–Crippen LogP) is 1.13. The first-order chi connectivity index (χ1) is 11.3. The van der Waals surface area contributed by atoms with Gasteiger partial charge < -0.3 is 10.4 Å². The summed E-state index contributed by atoms with van der Waals surface area (Å²) in [7, 11) is -3.73. The molecule has 1 aromatic rings. The SMILES string of the molecule is C=CCNS(=O)(=O)c1cccc(C(=O)N[C@@H](CC(=O)O)C2CC2)c1. The number of carbonyl (C=O) groups excluding carboxylic acids is 1. The van der Waals surface area contributed by atoms with Gasteiger partial charge in [0.15, 0.2) is 0 Å². The highest BCUT2D eigenvalue weighted by Gasteiger charge is 2.34. The second-order valence-corrected chi connectivity index (χ2v) is 7.45. The Labute approximate surface area is 140 Å². The second kappa shape index (κ2) is 7.59. The highest BCUT2D eigenvalue weighted by atomic mass is 32.2. The van der Waals surface area contributed by atoms with Gasteiger partial charge in [-0.3, -0.25) is 9.59 Å². The third kappa shape index (κ3) is 4.90. The molecule has 1 aromatic carbocycles. The lowest BCUT2D eigenvalue weighted by atomic mass is 10.1. The van der Waals surface area contributed by atoms with Crippen LogP contribution >= 0.6 is 0 Å². The van der Waals surface area contributed by atoms with E-state index in [1.807, 2.05) is 0 Å². The summed E-state index contributed by atoms with van der Waals surface area (Å²) >= 11 is 0. The van der Waals surface area contributed by atoms with E-state index in [-0.39, 0.29) is 29.3 Å². The van der Waals surface area contributed by atoms with Gasteiger partial charge in [0.25, 0.3) is 5.91 Å². The van der Waals surface area contributed by atoms with E-state index in [0.717, 1.165) is 12.8 Å². The van der Waals surface area contributed by atoms with Crippen molar-refractivity contribution >= 4 is 21.9 Å². The summed E-state index contributed by atoms with van der Waals surface area (Å²) in [5, 5.41) is 11.6. The van der Waals surface area contributed by atoms with Gasteiger partial charge in [0.1, 0.15) is 0 Å². The lowest BCUT2D eigenvalue weighted by Crippen LogP contribution is -2.38. The first kappa shape index (κ1) is 18.2. The normalized spacial score (nSPS) is 15.5. The number of hydrogen-bond acceptors (Lipinski definition) is 4. The predicted molar refractivity (Wildman–Crippen MR) is 88.1 cm³/mol. The molecular formula is C16H20N2O5S. The molecule has 7 nitrogen and oxygen atoms in total. The van der Waals surface area contributed by atoms with Crippen LogP contribution in [0.5, 0.6) is 0 Å². The van der Waals surface area contributed by atoms with Crippen LogP contribution in [0.4, 0.5) is 0 Å². The summed E-state index contributed by atoms with van der Waals surface area (Å²) < 4.78 is 26.5. The molecule has 1 atom stereocenters. The van der Waals surface area contributed by atoms with Crippen LogP contribution in [-0.4, -0.2) is 38.0 Å². The van der Waals surface area contributed by atoms with E-state index in [2.05, 4.69) is 16.6 Å². The van der Waals surface area contributed by atoms with Gasteiger partial charge in [0, 0.05) is 18.2 Å². The van der Waals surface area contributed by atoms with Gasteiger partial charge in [-0.05, 0) is 37.0 Å². The largest absolute Gasteiger partial charge is 0.481 e. The average molecular weight is 352 g/mol. The van der Waals surface area contributed by atoms with Crippen LogP contribution in [0.25, 0.3) is 0 Å². The lowest BCUT2D eigenvalue weighted by Gasteiger charge is -2.16. The molecule has 0 aromatic heterocycles. The zero-order valence-corrected chi connectivity index (χ0v) is 13.9. The van der Waals surface area contributed by atoms with Crippen molar-refractivity contribution in [3.05, 3.63) is 42.5 Å². The van der Waals surface area contributed by atoms with Gasteiger partial charge in [-0.2, -0.15) is 0 Å². The molecule has 0 bridgehead atoms. The third-order valence-corrected chi connectivity index (χ3v) is 5.15. The van der Waals surface area contributed by atoms with Crippen molar-refractivity contribution in [1.29, 1.82) is 0 Å². The Bertz CT molecular complexity index is 741. The van der Waals surface area contributed by atoms with Crippen LogP contribution in [0.1, 0.15) is 29.6 Å². The summed E-state index contributed by atoms with van der Waals surface area (Å²) in [6, 6.07) is 5.19. The van der Waals surface area contributed by atoms with E-state index in [1.54, 1.807) is 0 Å². The highest BCUT2D eigenvalue weighted by molar-refractivity contribution is 7.89. The molecule has 1 aliphatic carbocycles. The molecule has 0 spiro atoms. The summed E-state index contributed by atoms with van der Waals surface area (Å²) in [5.41, 5.74) is 0.174. The monoisotopic (exact) mass is 352 g/mol. The van der Waals surface area contributed by atoms with E-state index >= 15 is 0 Å². The maximum absolute atomic E-state index is 12.3. The number of carbonyl (C=O) groups is 2. The Morgan fingerprint density at radius 3 is 2.67 bits per heavy atom. The molecule has 3 N–H and O–H groups in total. The number of nitrogens with one attached hydrogen (secondary N) is 2. The minimum atomic E-state index is -3.73. The Kier molecular flexibility index (Phi) is 5.74. The number of sulfonamides is 1. The van der Waals surface area contributed by atoms with Gasteiger partial charge in [-0.15, -0.1) is 6.58 Å². The van der Waals surface area contributed by atoms with E-state index < -0.39 is 27.9 Å². The quantitative estimate of drug-likeness (QED) is 0.577. The van der Waals surface area contributed by atoms with Crippen molar-refractivity contribution in [3.8, 4) is 0 Å². The van der Waals surface area contributed by atoms with Gasteiger partial charge >= 0.3 is 5.97 Å². The average Bonchev–Trinajstić information content (AvgIpc) is 3.37. The van der Waals surface area contributed by atoms with E-state index in [0.29, 0.717) is 0 Å². The Balaban J connectivity index is 2.13. The number of amides is 1. The molecule has 1 amide bonds. The molecule has 0 aliphatic heterocycles. The second-order valence-electron chi connectivity index (χ2n) is 5.68. The van der Waals surface area contributed by atoms with Crippen molar-refractivity contribution in [3.63, 3.8) is 0 Å². The van der Waals surface area contributed by atoms with Crippen LogP contribution < -0.4 is 10.0 Å². The topological polar surface area (TPSA) is 113 Å². The molecule has 0 saturated heterocycles. The first-order valence-electron chi connectivity index (χ1n) is 7.57. The molecular weight excluding hydrogens is 332 g/mol. The van der Waals surface area contributed by atoms with Crippen molar-refractivity contribution in [2.24, 2.45) is 5.92 Å². The number of rotatable bonds is 9.